The van der Waals surface area contributed by atoms with Crippen molar-refractivity contribution in [3.8, 4) is 0 Å². The minimum atomic E-state index is 0.466. The Labute approximate surface area is 73.3 Å². The van der Waals surface area contributed by atoms with E-state index in [0.717, 1.165) is 10.6 Å². The smallest absolute Gasteiger partial charge is 0.0885 e. The van der Waals surface area contributed by atoms with E-state index in [1.54, 1.807) is 18.0 Å². The lowest BCUT2D eigenvalue weighted by Gasteiger charge is -2.01. The van der Waals surface area contributed by atoms with E-state index >= 15 is 0 Å². The second-order valence-corrected chi connectivity index (χ2v) is 3.47. The first-order valence-electron chi connectivity index (χ1n) is 3.53. The number of aliphatic imine (C=N–C) groups is 1. The summed E-state index contributed by atoms with van der Waals surface area (Å²) in [5, 5.41) is 0.826. The molecule has 0 atom stereocenters. The number of allylic oxidation sites excluding steroid dienone is 1. The van der Waals surface area contributed by atoms with Crippen molar-refractivity contribution in [2.45, 2.75) is 13.8 Å². The first-order valence-corrected chi connectivity index (χ1v) is 4.76. The van der Waals surface area contributed by atoms with Gasteiger partial charge in [0, 0.05) is 6.21 Å². The van der Waals surface area contributed by atoms with Crippen molar-refractivity contribution in [3.05, 3.63) is 23.8 Å². The summed E-state index contributed by atoms with van der Waals surface area (Å²) in [7, 11) is 0. The molecule has 0 heterocycles. The fourth-order valence-electron chi connectivity index (χ4n) is 0.357. The van der Waals surface area contributed by atoms with Gasteiger partial charge < -0.3 is 0 Å². The monoisotopic (exact) mass is 169 g/mol. The Morgan fingerprint density at radius 3 is 2.36 bits per heavy atom. The lowest BCUT2D eigenvalue weighted by Crippen LogP contribution is -1.92. The molecule has 0 unspecified atom stereocenters. The van der Waals surface area contributed by atoms with Crippen LogP contribution in [0.1, 0.15) is 13.8 Å². The standard InChI is InChI=1S/C9H15NS/c1-7(2)8(3)6-10-9(4)11-5/h6-7H,3-4H2,1-2,5H3/b10-6-. The van der Waals surface area contributed by atoms with E-state index in [4.69, 9.17) is 0 Å². The molecule has 0 aliphatic carbocycles. The summed E-state index contributed by atoms with van der Waals surface area (Å²) < 4.78 is 0. The highest BCUT2D eigenvalue weighted by Gasteiger charge is 1.94. The first kappa shape index (κ1) is 10.5. The zero-order valence-electron chi connectivity index (χ0n) is 7.42. The Kier molecular flexibility index (Phi) is 4.95. The molecular formula is C9H15NS. The van der Waals surface area contributed by atoms with Crippen molar-refractivity contribution in [2.75, 3.05) is 6.26 Å². The molecule has 2 heteroatoms. The molecule has 0 aliphatic rings. The summed E-state index contributed by atoms with van der Waals surface area (Å²) in [5.41, 5.74) is 1.04. The molecule has 0 fully saturated rings. The molecular weight excluding hydrogens is 154 g/mol. The van der Waals surface area contributed by atoms with Crippen LogP contribution in [-0.2, 0) is 0 Å². The molecule has 0 spiro atoms. The molecule has 0 aromatic heterocycles. The fraction of sp³-hybridized carbons (Fsp3) is 0.444. The Bertz CT molecular complexity index is 180. The van der Waals surface area contributed by atoms with Gasteiger partial charge in [0.2, 0.25) is 0 Å². The van der Waals surface area contributed by atoms with Gasteiger partial charge in [-0.3, -0.25) is 4.99 Å². The fourth-order valence-corrected chi connectivity index (χ4v) is 0.515. The molecule has 0 aliphatic heterocycles. The molecule has 0 rings (SSSR count). The van der Waals surface area contributed by atoms with Gasteiger partial charge in [-0.15, -0.1) is 11.8 Å². The van der Waals surface area contributed by atoms with Crippen molar-refractivity contribution >= 4 is 18.0 Å². The van der Waals surface area contributed by atoms with Crippen LogP contribution in [0.4, 0.5) is 0 Å². The lowest BCUT2D eigenvalue weighted by molar-refractivity contribution is 0.810. The largest absolute Gasteiger partial charge is 0.250 e. The maximum Gasteiger partial charge on any atom is 0.0885 e. The zero-order chi connectivity index (χ0) is 8.85. The highest BCUT2D eigenvalue weighted by Crippen LogP contribution is 2.10. The second kappa shape index (κ2) is 5.19. The van der Waals surface area contributed by atoms with Gasteiger partial charge in [0.1, 0.15) is 0 Å². The Morgan fingerprint density at radius 1 is 1.45 bits per heavy atom. The topological polar surface area (TPSA) is 12.4 Å². The molecule has 11 heavy (non-hydrogen) atoms. The van der Waals surface area contributed by atoms with E-state index in [-0.39, 0.29) is 0 Å². The molecule has 0 radical (unpaired) electrons. The van der Waals surface area contributed by atoms with Crippen LogP contribution >= 0.6 is 11.8 Å². The van der Waals surface area contributed by atoms with Gasteiger partial charge in [-0.1, -0.05) is 27.0 Å². The van der Waals surface area contributed by atoms with Crippen LogP contribution in [0.3, 0.4) is 0 Å². The zero-order valence-corrected chi connectivity index (χ0v) is 8.24. The lowest BCUT2D eigenvalue weighted by atomic mass is 10.1. The van der Waals surface area contributed by atoms with E-state index in [1.807, 2.05) is 6.26 Å². The summed E-state index contributed by atoms with van der Waals surface area (Å²) in [5.74, 6) is 0.466. The van der Waals surface area contributed by atoms with Crippen molar-refractivity contribution in [1.82, 2.24) is 0 Å². The van der Waals surface area contributed by atoms with E-state index in [2.05, 4.69) is 32.0 Å². The quantitative estimate of drug-likeness (QED) is 0.589. The van der Waals surface area contributed by atoms with Crippen LogP contribution in [0.5, 0.6) is 0 Å². The number of hydrogen-bond acceptors (Lipinski definition) is 2. The molecule has 0 aromatic rings. The maximum atomic E-state index is 4.11. The van der Waals surface area contributed by atoms with Crippen LogP contribution in [0.2, 0.25) is 0 Å². The minimum absolute atomic E-state index is 0.466. The highest BCUT2D eigenvalue weighted by molar-refractivity contribution is 8.02. The third-order valence-electron chi connectivity index (χ3n) is 1.35. The average molecular weight is 169 g/mol. The van der Waals surface area contributed by atoms with Crippen molar-refractivity contribution in [1.29, 1.82) is 0 Å². The SMILES string of the molecule is C=C(/N=C\C(=C)C(C)C)SC. The van der Waals surface area contributed by atoms with E-state index < -0.39 is 0 Å². The highest BCUT2D eigenvalue weighted by atomic mass is 32.2. The molecule has 0 N–H and O–H groups in total. The molecule has 62 valence electrons. The van der Waals surface area contributed by atoms with Crippen molar-refractivity contribution < 1.29 is 0 Å². The summed E-state index contributed by atoms with van der Waals surface area (Å²) in [6, 6.07) is 0. The number of thioether (sulfide) groups is 1. The van der Waals surface area contributed by atoms with E-state index in [9.17, 15) is 0 Å². The molecule has 0 bridgehead atoms. The Hall–Kier alpha value is -0.500. The van der Waals surface area contributed by atoms with Crippen LogP contribution in [0.25, 0.3) is 0 Å². The third kappa shape index (κ3) is 4.85. The Morgan fingerprint density at radius 2 is 2.00 bits per heavy atom. The van der Waals surface area contributed by atoms with Gasteiger partial charge in [0.25, 0.3) is 0 Å². The van der Waals surface area contributed by atoms with Gasteiger partial charge in [-0.2, -0.15) is 0 Å². The molecule has 0 amide bonds. The number of rotatable bonds is 4. The first-order chi connectivity index (χ1) is 5.07. The predicted octanol–water partition coefficient (Wildman–Crippen LogP) is 3.10. The summed E-state index contributed by atoms with van der Waals surface area (Å²) in [6.45, 7) is 11.8. The van der Waals surface area contributed by atoms with E-state index in [0.29, 0.717) is 5.92 Å². The van der Waals surface area contributed by atoms with Crippen molar-refractivity contribution in [3.63, 3.8) is 0 Å². The van der Waals surface area contributed by atoms with Crippen LogP contribution in [0.15, 0.2) is 28.8 Å². The summed E-state index contributed by atoms with van der Waals surface area (Å²) >= 11 is 1.55. The van der Waals surface area contributed by atoms with E-state index in [1.165, 1.54) is 0 Å². The number of hydrogen-bond donors (Lipinski definition) is 0. The normalized spacial score (nSPS) is 10.9. The van der Waals surface area contributed by atoms with Crippen LogP contribution in [0, 0.1) is 5.92 Å². The van der Waals surface area contributed by atoms with Gasteiger partial charge in [-0.05, 0) is 17.7 Å². The molecule has 0 aromatic carbocycles. The summed E-state index contributed by atoms with van der Waals surface area (Å²) in [4.78, 5) is 4.11. The van der Waals surface area contributed by atoms with Crippen LogP contribution in [-0.4, -0.2) is 12.5 Å². The van der Waals surface area contributed by atoms with Gasteiger partial charge in [-0.25, -0.2) is 0 Å². The minimum Gasteiger partial charge on any atom is -0.250 e. The third-order valence-corrected chi connectivity index (χ3v) is 1.93. The van der Waals surface area contributed by atoms with Gasteiger partial charge in [0.15, 0.2) is 0 Å². The predicted molar refractivity (Wildman–Crippen MR) is 55.1 cm³/mol. The van der Waals surface area contributed by atoms with Crippen molar-refractivity contribution in [2.24, 2.45) is 10.9 Å². The average Bonchev–Trinajstić information content (AvgIpc) is 1.99. The van der Waals surface area contributed by atoms with Crippen LogP contribution < -0.4 is 0 Å². The van der Waals surface area contributed by atoms with Gasteiger partial charge in [0.05, 0.1) is 5.03 Å². The maximum absolute atomic E-state index is 4.11. The summed E-state index contributed by atoms with van der Waals surface area (Å²) in [6.07, 6.45) is 3.74. The Balaban J connectivity index is 3.93. The second-order valence-electron chi connectivity index (χ2n) is 2.59. The number of nitrogens with zero attached hydrogens (tertiary/aromatic N) is 1. The molecule has 1 nitrogen and oxygen atoms in total. The van der Waals surface area contributed by atoms with Gasteiger partial charge >= 0.3 is 0 Å². The molecule has 0 saturated carbocycles. The molecule has 0 saturated heterocycles.